The molecule has 0 unspecified atom stereocenters. The number of rotatable bonds is 5. The van der Waals surface area contributed by atoms with E-state index in [-0.39, 0.29) is 22.9 Å². The van der Waals surface area contributed by atoms with Gasteiger partial charge in [0.2, 0.25) is 5.82 Å². The Hall–Kier alpha value is -3.62. The van der Waals surface area contributed by atoms with Gasteiger partial charge in [-0.1, -0.05) is 24.3 Å². The number of anilines is 1. The predicted molar refractivity (Wildman–Crippen MR) is 102 cm³/mol. The van der Waals surface area contributed by atoms with Gasteiger partial charge in [-0.2, -0.15) is 0 Å². The first kappa shape index (κ1) is 21.1. The Morgan fingerprint density at radius 1 is 0.700 bits per heavy atom. The Morgan fingerprint density at radius 2 is 1.20 bits per heavy atom. The van der Waals surface area contributed by atoms with Crippen molar-refractivity contribution < 1.29 is 31.4 Å². The number of para-hydroxylation sites is 4. The van der Waals surface area contributed by atoms with Gasteiger partial charge in [-0.25, -0.2) is 26.9 Å². The van der Waals surface area contributed by atoms with Gasteiger partial charge in [-0.05, 0) is 24.3 Å². The number of aliphatic imine (C=N–C) groups is 1. The Kier molecular flexibility index (Phi) is 6.20. The second-order valence-corrected chi connectivity index (χ2v) is 5.90. The lowest BCUT2D eigenvalue weighted by Gasteiger charge is -2.16. The van der Waals surface area contributed by atoms with E-state index in [1.807, 2.05) is 0 Å². The number of ether oxygens (including phenoxy) is 2. The number of hydrogen-bond acceptors (Lipinski definition) is 3. The summed E-state index contributed by atoms with van der Waals surface area (Å²) in [6.07, 6.45) is 0. The lowest BCUT2D eigenvalue weighted by molar-refractivity contribution is 0.377. The summed E-state index contributed by atoms with van der Waals surface area (Å²) in [5, 5.41) is 2.60. The molecule has 0 atom stereocenters. The zero-order valence-corrected chi connectivity index (χ0v) is 15.8. The molecule has 0 aliphatic carbocycles. The summed E-state index contributed by atoms with van der Waals surface area (Å²) >= 11 is 0. The Balaban J connectivity index is 2.28. The molecule has 0 aliphatic heterocycles. The highest BCUT2D eigenvalue weighted by atomic mass is 19.2. The largest absolute Gasteiger partial charge is 0.495 e. The fourth-order valence-corrected chi connectivity index (χ4v) is 2.68. The van der Waals surface area contributed by atoms with Crippen LogP contribution < -0.4 is 14.8 Å². The molecule has 3 rings (SSSR count). The summed E-state index contributed by atoms with van der Waals surface area (Å²) in [4.78, 5) is 4.09. The topological polar surface area (TPSA) is 42.8 Å². The van der Waals surface area contributed by atoms with Crippen molar-refractivity contribution in [1.29, 1.82) is 0 Å². The maximum Gasteiger partial charge on any atom is 0.200 e. The zero-order valence-electron chi connectivity index (χ0n) is 15.8. The van der Waals surface area contributed by atoms with Crippen LogP contribution in [0, 0.1) is 29.1 Å². The van der Waals surface area contributed by atoms with Crippen molar-refractivity contribution in [3.63, 3.8) is 0 Å². The average Bonchev–Trinajstić information content (AvgIpc) is 2.77. The minimum absolute atomic E-state index is 0.0985. The highest BCUT2D eigenvalue weighted by Gasteiger charge is 2.29. The average molecular weight is 422 g/mol. The molecule has 0 radical (unpaired) electrons. The molecule has 0 bridgehead atoms. The van der Waals surface area contributed by atoms with Gasteiger partial charge in [0.25, 0.3) is 0 Å². The van der Waals surface area contributed by atoms with Crippen LogP contribution >= 0.6 is 0 Å². The van der Waals surface area contributed by atoms with Crippen molar-refractivity contribution in [2.24, 2.45) is 4.99 Å². The van der Waals surface area contributed by atoms with E-state index in [4.69, 9.17) is 9.47 Å². The van der Waals surface area contributed by atoms with Crippen molar-refractivity contribution >= 4 is 17.2 Å². The molecule has 0 heterocycles. The molecule has 0 aliphatic rings. The number of benzene rings is 3. The molecule has 0 amide bonds. The number of halogens is 5. The van der Waals surface area contributed by atoms with Gasteiger partial charge in [-0.3, -0.25) is 0 Å². The van der Waals surface area contributed by atoms with E-state index in [1.54, 1.807) is 30.3 Å². The standard InChI is InChI=1S/C21H15F5N2O2/c1-29-13-9-5-3-7-11(13)27-21(28-12-8-4-6-10-14(12)30-2)15-16(22)18(24)20(26)19(25)17(15)23/h3-10H,1-2H3,(H,27,28). The maximum absolute atomic E-state index is 14.5. The van der Waals surface area contributed by atoms with Crippen molar-refractivity contribution in [3.05, 3.63) is 83.2 Å². The van der Waals surface area contributed by atoms with E-state index in [9.17, 15) is 22.0 Å². The SMILES string of the molecule is COc1ccccc1N=C(Nc1ccccc1OC)c1c(F)c(F)c(F)c(F)c1F. The number of methoxy groups -OCH3 is 2. The van der Waals surface area contributed by atoms with Gasteiger partial charge in [0.05, 0.1) is 25.5 Å². The molecule has 0 saturated heterocycles. The Labute approximate surface area is 168 Å². The summed E-state index contributed by atoms with van der Waals surface area (Å²) < 4.78 is 80.6. The van der Waals surface area contributed by atoms with E-state index in [2.05, 4.69) is 10.3 Å². The van der Waals surface area contributed by atoms with Crippen LogP contribution in [0.15, 0.2) is 53.5 Å². The molecule has 4 nitrogen and oxygen atoms in total. The minimum Gasteiger partial charge on any atom is -0.495 e. The van der Waals surface area contributed by atoms with Crippen LogP contribution in [0.3, 0.4) is 0 Å². The summed E-state index contributed by atoms with van der Waals surface area (Å²) in [7, 11) is 2.70. The molecule has 30 heavy (non-hydrogen) atoms. The third-order valence-electron chi connectivity index (χ3n) is 4.12. The molecule has 0 fully saturated rings. The van der Waals surface area contributed by atoms with Gasteiger partial charge >= 0.3 is 0 Å². The number of nitrogens with one attached hydrogen (secondary N) is 1. The normalized spacial score (nSPS) is 11.4. The number of hydrogen-bond donors (Lipinski definition) is 1. The van der Waals surface area contributed by atoms with Crippen molar-refractivity contribution in [2.75, 3.05) is 19.5 Å². The van der Waals surface area contributed by atoms with Crippen LogP contribution in [0.4, 0.5) is 33.3 Å². The molecular weight excluding hydrogens is 407 g/mol. The lowest BCUT2D eigenvalue weighted by Crippen LogP contribution is -2.20. The third kappa shape index (κ3) is 3.91. The third-order valence-corrected chi connectivity index (χ3v) is 4.12. The summed E-state index contributed by atoms with van der Waals surface area (Å²) in [6, 6.07) is 12.4. The van der Waals surface area contributed by atoms with E-state index in [1.165, 1.54) is 32.4 Å². The van der Waals surface area contributed by atoms with Crippen molar-refractivity contribution in [3.8, 4) is 11.5 Å². The summed E-state index contributed by atoms with van der Waals surface area (Å²) in [5.41, 5.74) is -0.929. The zero-order chi connectivity index (χ0) is 21.8. The highest BCUT2D eigenvalue weighted by molar-refractivity contribution is 6.10. The van der Waals surface area contributed by atoms with Crippen molar-refractivity contribution in [1.82, 2.24) is 0 Å². The van der Waals surface area contributed by atoms with Crippen molar-refractivity contribution in [2.45, 2.75) is 0 Å². The van der Waals surface area contributed by atoms with Crippen LogP contribution in [0.25, 0.3) is 0 Å². The molecule has 156 valence electrons. The van der Waals surface area contributed by atoms with Crippen LogP contribution in [0.2, 0.25) is 0 Å². The second-order valence-electron chi connectivity index (χ2n) is 5.90. The lowest BCUT2D eigenvalue weighted by atomic mass is 10.1. The fourth-order valence-electron chi connectivity index (χ4n) is 2.68. The van der Waals surface area contributed by atoms with E-state index >= 15 is 0 Å². The smallest absolute Gasteiger partial charge is 0.200 e. The van der Waals surface area contributed by atoms with Crippen LogP contribution in [-0.4, -0.2) is 20.1 Å². The second kappa shape index (κ2) is 8.81. The quantitative estimate of drug-likeness (QED) is 0.192. The van der Waals surface area contributed by atoms with Gasteiger partial charge in [-0.15, -0.1) is 0 Å². The Morgan fingerprint density at radius 3 is 1.80 bits per heavy atom. The van der Waals surface area contributed by atoms with Gasteiger partial charge in [0.15, 0.2) is 23.3 Å². The van der Waals surface area contributed by atoms with E-state index < -0.39 is 40.5 Å². The van der Waals surface area contributed by atoms with Crippen LogP contribution in [0.5, 0.6) is 11.5 Å². The molecule has 0 aromatic heterocycles. The van der Waals surface area contributed by atoms with E-state index in [0.29, 0.717) is 0 Å². The fraction of sp³-hybridized carbons (Fsp3) is 0.0952. The molecule has 9 heteroatoms. The molecule has 3 aromatic carbocycles. The molecule has 3 aromatic rings. The minimum atomic E-state index is -2.26. The first-order chi connectivity index (χ1) is 14.4. The monoisotopic (exact) mass is 422 g/mol. The first-order valence-electron chi connectivity index (χ1n) is 8.52. The number of amidine groups is 1. The van der Waals surface area contributed by atoms with Gasteiger partial charge in [0.1, 0.15) is 23.0 Å². The molecule has 0 spiro atoms. The highest BCUT2D eigenvalue weighted by Crippen LogP contribution is 2.31. The van der Waals surface area contributed by atoms with E-state index in [0.717, 1.165) is 0 Å². The van der Waals surface area contributed by atoms with Gasteiger partial charge < -0.3 is 14.8 Å². The van der Waals surface area contributed by atoms with Gasteiger partial charge in [0, 0.05) is 0 Å². The summed E-state index contributed by atoms with van der Waals surface area (Å²) in [5.74, 6) is -10.6. The Bertz CT molecular complexity index is 1090. The predicted octanol–water partition coefficient (Wildman–Crippen LogP) is 5.59. The first-order valence-corrected chi connectivity index (χ1v) is 8.52. The summed E-state index contributed by atoms with van der Waals surface area (Å²) in [6.45, 7) is 0. The maximum atomic E-state index is 14.5. The van der Waals surface area contributed by atoms with Crippen LogP contribution in [0.1, 0.15) is 5.56 Å². The molecular formula is C21H15F5N2O2. The molecule has 1 N–H and O–H groups in total. The van der Waals surface area contributed by atoms with Crippen LogP contribution in [-0.2, 0) is 0 Å². The molecule has 0 saturated carbocycles. The number of nitrogens with zero attached hydrogens (tertiary/aromatic N) is 1.